The Hall–Kier alpha value is -3.74. The van der Waals surface area contributed by atoms with E-state index in [4.69, 9.17) is 5.10 Å². The summed E-state index contributed by atoms with van der Waals surface area (Å²) in [6.45, 7) is 4.15. The summed E-state index contributed by atoms with van der Waals surface area (Å²) in [4.78, 5) is 23.8. The van der Waals surface area contributed by atoms with Crippen molar-refractivity contribution in [2.24, 2.45) is 5.92 Å². The maximum absolute atomic E-state index is 12.7. The molecule has 5 rings (SSSR count). The molecule has 1 fully saturated rings. The molecule has 32 heavy (non-hydrogen) atoms. The summed E-state index contributed by atoms with van der Waals surface area (Å²) >= 11 is 0. The highest BCUT2D eigenvalue weighted by Gasteiger charge is 2.26. The zero-order valence-corrected chi connectivity index (χ0v) is 18.1. The molecule has 1 amide bonds. The number of rotatable bonds is 5. The van der Waals surface area contributed by atoms with E-state index in [9.17, 15) is 4.79 Å². The number of hydrogen-bond acceptors (Lipinski definition) is 5. The number of carbonyl (C=O) groups excluding carboxylic acids is 1. The predicted octanol–water partition coefficient (Wildman–Crippen LogP) is 3.63. The van der Waals surface area contributed by atoms with E-state index >= 15 is 0 Å². The standard InChI is InChI=1S/C25H26N6O/c1-18-14-24(31-23(28-18)15-22(29-31)20-7-3-2-4-8-20)30-12-9-21(10-13-30)25(32)27-17-19-6-5-11-26-16-19/h2-8,11,14-16,21H,9-10,12-13,17H2,1H3,(H,27,32). The van der Waals surface area contributed by atoms with E-state index in [1.807, 2.05) is 47.8 Å². The van der Waals surface area contributed by atoms with Crippen LogP contribution in [0.2, 0.25) is 0 Å². The number of fused-ring (bicyclic) bond motifs is 1. The van der Waals surface area contributed by atoms with Gasteiger partial charge in [0, 0.05) is 61.3 Å². The van der Waals surface area contributed by atoms with E-state index in [2.05, 4.69) is 38.4 Å². The Morgan fingerprint density at radius 1 is 1.09 bits per heavy atom. The first-order valence-electron chi connectivity index (χ1n) is 11.0. The second-order valence-corrected chi connectivity index (χ2v) is 8.26. The molecule has 0 bridgehead atoms. The molecule has 1 aromatic carbocycles. The summed E-state index contributed by atoms with van der Waals surface area (Å²) in [5, 5.41) is 7.90. The third-order valence-electron chi connectivity index (χ3n) is 5.99. The van der Waals surface area contributed by atoms with Gasteiger partial charge in [-0.25, -0.2) is 4.98 Å². The highest BCUT2D eigenvalue weighted by atomic mass is 16.1. The van der Waals surface area contributed by atoms with Gasteiger partial charge in [-0.05, 0) is 31.4 Å². The van der Waals surface area contributed by atoms with Crippen LogP contribution in [0.1, 0.15) is 24.1 Å². The van der Waals surface area contributed by atoms with Crippen molar-refractivity contribution in [1.29, 1.82) is 0 Å². The van der Waals surface area contributed by atoms with Crippen LogP contribution in [0.3, 0.4) is 0 Å². The average Bonchev–Trinajstić information content (AvgIpc) is 3.27. The Labute approximate surface area is 187 Å². The molecule has 0 atom stereocenters. The van der Waals surface area contributed by atoms with Crippen molar-refractivity contribution in [3.63, 3.8) is 0 Å². The third kappa shape index (κ3) is 4.19. The van der Waals surface area contributed by atoms with Crippen LogP contribution < -0.4 is 10.2 Å². The van der Waals surface area contributed by atoms with Crippen molar-refractivity contribution in [2.45, 2.75) is 26.3 Å². The lowest BCUT2D eigenvalue weighted by atomic mass is 9.96. The summed E-state index contributed by atoms with van der Waals surface area (Å²) in [5.74, 6) is 1.18. The van der Waals surface area contributed by atoms with E-state index in [0.717, 1.165) is 59.9 Å². The lowest BCUT2D eigenvalue weighted by Gasteiger charge is -2.33. The van der Waals surface area contributed by atoms with Crippen LogP contribution in [0, 0.1) is 12.8 Å². The van der Waals surface area contributed by atoms with Gasteiger partial charge in [-0.3, -0.25) is 9.78 Å². The first-order valence-corrected chi connectivity index (χ1v) is 11.0. The molecule has 1 saturated heterocycles. The van der Waals surface area contributed by atoms with E-state index in [-0.39, 0.29) is 11.8 Å². The summed E-state index contributed by atoms with van der Waals surface area (Å²) in [7, 11) is 0. The lowest BCUT2D eigenvalue weighted by molar-refractivity contribution is -0.125. The number of amides is 1. The molecule has 0 radical (unpaired) electrons. The zero-order valence-electron chi connectivity index (χ0n) is 18.1. The summed E-state index contributed by atoms with van der Waals surface area (Å²) in [6.07, 6.45) is 5.15. The lowest BCUT2D eigenvalue weighted by Crippen LogP contribution is -2.41. The van der Waals surface area contributed by atoms with Crippen molar-refractivity contribution in [3.8, 4) is 11.3 Å². The van der Waals surface area contributed by atoms with Gasteiger partial charge >= 0.3 is 0 Å². The number of hydrogen-bond donors (Lipinski definition) is 1. The summed E-state index contributed by atoms with van der Waals surface area (Å²) in [5.41, 5.74) is 4.81. The van der Waals surface area contributed by atoms with Crippen LogP contribution in [0.25, 0.3) is 16.9 Å². The predicted molar refractivity (Wildman–Crippen MR) is 124 cm³/mol. The summed E-state index contributed by atoms with van der Waals surface area (Å²) in [6, 6.07) is 18.1. The normalized spacial score (nSPS) is 14.6. The largest absolute Gasteiger partial charge is 0.356 e. The molecule has 3 aromatic heterocycles. The van der Waals surface area contributed by atoms with Crippen LogP contribution in [0.4, 0.5) is 5.82 Å². The zero-order chi connectivity index (χ0) is 21.9. The minimum atomic E-state index is 0.0267. The minimum Gasteiger partial charge on any atom is -0.356 e. The third-order valence-corrected chi connectivity index (χ3v) is 5.99. The van der Waals surface area contributed by atoms with Gasteiger partial charge in [0.2, 0.25) is 5.91 Å². The Kier molecular flexibility index (Phi) is 5.54. The number of nitrogens with one attached hydrogen (secondary N) is 1. The molecule has 1 aliphatic rings. The number of aryl methyl sites for hydroxylation is 1. The Balaban J connectivity index is 1.29. The smallest absolute Gasteiger partial charge is 0.223 e. The Bertz CT molecular complexity index is 1210. The Morgan fingerprint density at radius 3 is 2.66 bits per heavy atom. The molecule has 7 heteroatoms. The van der Waals surface area contributed by atoms with Crippen LogP contribution in [0.15, 0.2) is 67.0 Å². The molecule has 7 nitrogen and oxygen atoms in total. The van der Waals surface area contributed by atoms with Gasteiger partial charge in [-0.15, -0.1) is 0 Å². The second-order valence-electron chi connectivity index (χ2n) is 8.26. The average molecular weight is 427 g/mol. The number of carbonyl (C=O) groups is 1. The van der Waals surface area contributed by atoms with Gasteiger partial charge in [-0.1, -0.05) is 36.4 Å². The van der Waals surface area contributed by atoms with Crippen LogP contribution in [0.5, 0.6) is 0 Å². The number of pyridine rings is 1. The van der Waals surface area contributed by atoms with Crippen LogP contribution >= 0.6 is 0 Å². The SMILES string of the molecule is Cc1cc(N2CCC(C(=O)NCc3cccnc3)CC2)n2nc(-c3ccccc3)cc2n1. The quantitative estimate of drug-likeness (QED) is 0.527. The van der Waals surface area contributed by atoms with Crippen molar-refractivity contribution < 1.29 is 4.79 Å². The van der Waals surface area contributed by atoms with E-state index < -0.39 is 0 Å². The van der Waals surface area contributed by atoms with Gasteiger partial charge in [0.25, 0.3) is 0 Å². The molecule has 0 unspecified atom stereocenters. The molecule has 0 spiro atoms. The van der Waals surface area contributed by atoms with Crippen molar-refractivity contribution in [2.75, 3.05) is 18.0 Å². The van der Waals surface area contributed by atoms with Gasteiger partial charge in [0.1, 0.15) is 5.82 Å². The van der Waals surface area contributed by atoms with E-state index in [1.54, 1.807) is 12.4 Å². The minimum absolute atomic E-state index is 0.0267. The maximum Gasteiger partial charge on any atom is 0.223 e. The highest BCUT2D eigenvalue weighted by molar-refractivity contribution is 5.79. The molecular formula is C25H26N6O. The Morgan fingerprint density at radius 2 is 1.91 bits per heavy atom. The number of benzene rings is 1. The molecule has 1 N–H and O–H groups in total. The molecule has 4 aromatic rings. The fraction of sp³-hybridized carbons (Fsp3) is 0.280. The fourth-order valence-corrected chi connectivity index (χ4v) is 4.26. The van der Waals surface area contributed by atoms with Gasteiger partial charge < -0.3 is 10.2 Å². The number of piperidine rings is 1. The summed E-state index contributed by atoms with van der Waals surface area (Å²) < 4.78 is 1.93. The molecule has 1 aliphatic heterocycles. The first kappa shape index (κ1) is 20.2. The van der Waals surface area contributed by atoms with Crippen LogP contribution in [-0.4, -0.2) is 38.6 Å². The molecule has 0 aliphatic carbocycles. The van der Waals surface area contributed by atoms with Crippen molar-refractivity contribution in [1.82, 2.24) is 24.9 Å². The second kappa shape index (κ2) is 8.78. The number of aromatic nitrogens is 4. The molecule has 4 heterocycles. The van der Waals surface area contributed by atoms with Crippen LogP contribution in [-0.2, 0) is 11.3 Å². The van der Waals surface area contributed by atoms with E-state index in [1.165, 1.54) is 0 Å². The van der Waals surface area contributed by atoms with E-state index in [0.29, 0.717) is 6.54 Å². The molecule has 0 saturated carbocycles. The topological polar surface area (TPSA) is 75.4 Å². The first-order chi connectivity index (χ1) is 15.7. The van der Waals surface area contributed by atoms with Gasteiger partial charge in [-0.2, -0.15) is 9.61 Å². The number of anilines is 1. The van der Waals surface area contributed by atoms with Gasteiger partial charge in [0.05, 0.1) is 5.69 Å². The highest BCUT2D eigenvalue weighted by Crippen LogP contribution is 2.27. The molecule has 162 valence electrons. The monoisotopic (exact) mass is 426 g/mol. The fourth-order valence-electron chi connectivity index (χ4n) is 4.26. The van der Waals surface area contributed by atoms with Crippen molar-refractivity contribution in [3.05, 3.63) is 78.2 Å². The maximum atomic E-state index is 12.7. The van der Waals surface area contributed by atoms with Crippen molar-refractivity contribution >= 4 is 17.4 Å². The molecular weight excluding hydrogens is 400 g/mol. The van der Waals surface area contributed by atoms with Gasteiger partial charge in [0.15, 0.2) is 5.65 Å². The number of nitrogens with zero attached hydrogens (tertiary/aromatic N) is 5.